The normalized spacial score (nSPS) is 16.7. The Bertz CT molecular complexity index is 727. The fraction of sp³-hybridized carbons (Fsp3) is 0.409. The fourth-order valence-corrected chi connectivity index (χ4v) is 3.64. The van der Waals surface area contributed by atoms with Crippen molar-refractivity contribution in [2.45, 2.75) is 19.4 Å². The number of piperazine rings is 1. The summed E-state index contributed by atoms with van der Waals surface area (Å²) < 4.78 is 5.27. The van der Waals surface area contributed by atoms with Crippen molar-refractivity contribution in [1.29, 1.82) is 0 Å². The lowest BCUT2D eigenvalue weighted by molar-refractivity contribution is -0.122. The van der Waals surface area contributed by atoms with E-state index in [9.17, 15) is 4.79 Å². The Morgan fingerprint density at radius 2 is 1.81 bits per heavy atom. The average Bonchev–Trinajstić information content (AvgIpc) is 2.71. The molecule has 1 N–H and O–H groups in total. The van der Waals surface area contributed by atoms with Gasteiger partial charge >= 0.3 is 0 Å². The first kappa shape index (κ1) is 19.4. The molecule has 27 heavy (non-hydrogen) atoms. The molecule has 0 spiro atoms. The van der Waals surface area contributed by atoms with Crippen LogP contribution in [0.2, 0.25) is 0 Å². The van der Waals surface area contributed by atoms with Crippen molar-refractivity contribution in [1.82, 2.24) is 9.80 Å². The third-order valence-electron chi connectivity index (χ3n) is 5.01. The standard InChI is InChI=1S/C22H29N3O2/c1-3-12-24-13-15-25(16-14-24)21(18-8-5-4-6-9-18)22(26)23-19-10-7-11-20(17-19)27-2/h4-11,17,21H,3,12-16H2,1-2H3,(H,23,26)/t21-/m1/s1. The molecule has 0 aliphatic carbocycles. The molecule has 144 valence electrons. The smallest absolute Gasteiger partial charge is 0.246 e. The number of benzene rings is 2. The lowest BCUT2D eigenvalue weighted by atomic mass is 10.0. The molecule has 0 radical (unpaired) electrons. The van der Waals surface area contributed by atoms with Gasteiger partial charge in [-0.2, -0.15) is 0 Å². The molecule has 1 fully saturated rings. The maximum atomic E-state index is 13.2. The minimum absolute atomic E-state index is 0.00149. The maximum Gasteiger partial charge on any atom is 0.246 e. The van der Waals surface area contributed by atoms with Gasteiger partial charge in [-0.15, -0.1) is 0 Å². The topological polar surface area (TPSA) is 44.8 Å². The Kier molecular flexibility index (Phi) is 6.85. The second-order valence-electron chi connectivity index (χ2n) is 6.91. The van der Waals surface area contributed by atoms with E-state index in [0.717, 1.165) is 49.7 Å². The molecule has 1 aliphatic heterocycles. The first-order valence-electron chi connectivity index (χ1n) is 9.67. The molecule has 2 aromatic rings. The van der Waals surface area contributed by atoms with Gasteiger partial charge in [-0.1, -0.05) is 43.3 Å². The summed E-state index contributed by atoms with van der Waals surface area (Å²) in [4.78, 5) is 18.0. The molecule has 1 atom stereocenters. The summed E-state index contributed by atoms with van der Waals surface area (Å²) in [6.45, 7) is 7.13. The summed E-state index contributed by atoms with van der Waals surface area (Å²) >= 11 is 0. The molecule has 5 heteroatoms. The second kappa shape index (κ2) is 9.53. The number of nitrogens with one attached hydrogen (secondary N) is 1. The van der Waals surface area contributed by atoms with Gasteiger partial charge in [-0.3, -0.25) is 9.69 Å². The van der Waals surface area contributed by atoms with Crippen LogP contribution in [0, 0.1) is 0 Å². The first-order valence-corrected chi connectivity index (χ1v) is 9.67. The number of amides is 1. The van der Waals surface area contributed by atoms with E-state index in [4.69, 9.17) is 4.74 Å². The highest BCUT2D eigenvalue weighted by Crippen LogP contribution is 2.25. The monoisotopic (exact) mass is 367 g/mol. The number of hydrogen-bond acceptors (Lipinski definition) is 4. The molecule has 1 aliphatic rings. The molecule has 0 aromatic heterocycles. The molecule has 2 aromatic carbocycles. The number of rotatable bonds is 7. The molecule has 1 saturated heterocycles. The Balaban J connectivity index is 1.77. The van der Waals surface area contributed by atoms with E-state index in [0.29, 0.717) is 0 Å². The molecule has 0 saturated carbocycles. The Morgan fingerprint density at radius 3 is 2.48 bits per heavy atom. The van der Waals surface area contributed by atoms with Gasteiger partial charge in [0, 0.05) is 37.9 Å². The SMILES string of the molecule is CCCN1CCN([C@@H](C(=O)Nc2cccc(OC)c2)c2ccccc2)CC1. The largest absolute Gasteiger partial charge is 0.497 e. The van der Waals surface area contributed by atoms with E-state index >= 15 is 0 Å². The third kappa shape index (κ3) is 5.08. The lowest BCUT2D eigenvalue weighted by Crippen LogP contribution is -2.50. The van der Waals surface area contributed by atoms with Crippen molar-refractivity contribution >= 4 is 11.6 Å². The van der Waals surface area contributed by atoms with Crippen molar-refractivity contribution in [2.24, 2.45) is 0 Å². The zero-order valence-corrected chi connectivity index (χ0v) is 16.2. The van der Waals surface area contributed by atoms with Crippen LogP contribution >= 0.6 is 0 Å². The number of ether oxygens (including phenoxy) is 1. The predicted molar refractivity (Wildman–Crippen MR) is 109 cm³/mol. The quantitative estimate of drug-likeness (QED) is 0.815. The molecule has 1 amide bonds. The van der Waals surface area contributed by atoms with Crippen LogP contribution in [0.15, 0.2) is 54.6 Å². The predicted octanol–water partition coefficient (Wildman–Crippen LogP) is 3.40. The highest BCUT2D eigenvalue weighted by atomic mass is 16.5. The number of anilines is 1. The van der Waals surface area contributed by atoms with Crippen LogP contribution in [0.5, 0.6) is 5.75 Å². The second-order valence-corrected chi connectivity index (χ2v) is 6.91. The number of carbonyl (C=O) groups excluding carboxylic acids is 1. The summed E-state index contributed by atoms with van der Waals surface area (Å²) in [5, 5.41) is 3.07. The van der Waals surface area contributed by atoms with Gasteiger partial charge in [0.1, 0.15) is 11.8 Å². The molecular formula is C22H29N3O2. The summed E-state index contributed by atoms with van der Waals surface area (Å²) in [7, 11) is 1.63. The summed E-state index contributed by atoms with van der Waals surface area (Å²) in [5.41, 5.74) is 1.78. The van der Waals surface area contributed by atoms with Crippen LogP contribution in [0.3, 0.4) is 0 Å². The molecule has 5 nitrogen and oxygen atoms in total. The Hall–Kier alpha value is -2.37. The van der Waals surface area contributed by atoms with E-state index in [-0.39, 0.29) is 11.9 Å². The first-order chi connectivity index (χ1) is 13.2. The molecule has 3 rings (SSSR count). The van der Waals surface area contributed by atoms with Gasteiger partial charge in [0.05, 0.1) is 7.11 Å². The van der Waals surface area contributed by atoms with Crippen molar-refractivity contribution in [3.05, 3.63) is 60.2 Å². The number of nitrogens with zero attached hydrogens (tertiary/aromatic N) is 2. The number of methoxy groups -OCH3 is 1. The fourth-order valence-electron chi connectivity index (χ4n) is 3.64. The summed E-state index contributed by atoms with van der Waals surface area (Å²) in [6, 6.07) is 17.2. The molecule has 1 heterocycles. The number of hydrogen-bond donors (Lipinski definition) is 1. The van der Waals surface area contributed by atoms with Crippen molar-refractivity contribution in [3.63, 3.8) is 0 Å². The summed E-state index contributed by atoms with van der Waals surface area (Å²) in [6.07, 6.45) is 1.17. The van der Waals surface area contributed by atoms with Gasteiger partial charge in [0.25, 0.3) is 0 Å². The van der Waals surface area contributed by atoms with Gasteiger partial charge in [-0.25, -0.2) is 0 Å². The molecular weight excluding hydrogens is 338 g/mol. The Morgan fingerprint density at radius 1 is 1.07 bits per heavy atom. The molecule has 0 bridgehead atoms. The van der Waals surface area contributed by atoms with E-state index in [2.05, 4.69) is 22.0 Å². The van der Waals surface area contributed by atoms with E-state index in [1.165, 1.54) is 6.42 Å². The van der Waals surface area contributed by atoms with Crippen LogP contribution in [-0.2, 0) is 4.79 Å². The number of carbonyl (C=O) groups is 1. The van der Waals surface area contributed by atoms with Gasteiger partial charge in [-0.05, 0) is 30.7 Å². The highest BCUT2D eigenvalue weighted by molar-refractivity contribution is 5.95. The minimum Gasteiger partial charge on any atom is -0.497 e. The van der Waals surface area contributed by atoms with E-state index in [1.54, 1.807) is 7.11 Å². The zero-order valence-electron chi connectivity index (χ0n) is 16.2. The molecule has 0 unspecified atom stereocenters. The maximum absolute atomic E-state index is 13.2. The highest BCUT2D eigenvalue weighted by Gasteiger charge is 2.30. The van der Waals surface area contributed by atoms with Crippen LogP contribution in [0.25, 0.3) is 0 Å². The van der Waals surface area contributed by atoms with Crippen LogP contribution < -0.4 is 10.1 Å². The van der Waals surface area contributed by atoms with Crippen LogP contribution in [0.4, 0.5) is 5.69 Å². The lowest BCUT2D eigenvalue weighted by Gasteiger charge is -2.38. The average molecular weight is 367 g/mol. The van der Waals surface area contributed by atoms with E-state index in [1.807, 2.05) is 54.6 Å². The van der Waals surface area contributed by atoms with Gasteiger partial charge in [0.2, 0.25) is 5.91 Å². The van der Waals surface area contributed by atoms with Gasteiger partial charge in [0.15, 0.2) is 0 Å². The third-order valence-corrected chi connectivity index (χ3v) is 5.01. The van der Waals surface area contributed by atoms with E-state index < -0.39 is 0 Å². The van der Waals surface area contributed by atoms with Crippen molar-refractivity contribution in [3.8, 4) is 5.75 Å². The van der Waals surface area contributed by atoms with Gasteiger partial charge < -0.3 is 15.0 Å². The van der Waals surface area contributed by atoms with Crippen molar-refractivity contribution < 1.29 is 9.53 Å². The Labute approximate surface area is 161 Å². The summed E-state index contributed by atoms with van der Waals surface area (Å²) in [5.74, 6) is 0.732. The zero-order chi connectivity index (χ0) is 19.1. The van der Waals surface area contributed by atoms with Crippen LogP contribution in [0.1, 0.15) is 24.9 Å². The minimum atomic E-state index is -0.291. The van der Waals surface area contributed by atoms with Crippen molar-refractivity contribution in [2.75, 3.05) is 45.2 Å². The van der Waals surface area contributed by atoms with Crippen LogP contribution in [-0.4, -0.2) is 55.5 Å².